The first-order chi connectivity index (χ1) is 6.68. The largest absolute Gasteiger partial charge is 0.354 e. The minimum atomic E-state index is 0. The van der Waals surface area contributed by atoms with E-state index < -0.39 is 0 Å². The summed E-state index contributed by atoms with van der Waals surface area (Å²) in [5, 5.41) is 0. The standard InChI is InChI=1S/C11H14N2S.ClH/c1-8-6-9(2)14-11(8)10-4-5-12-7-13(10)3;/h4-7,10H,1-3H3;1H. The fourth-order valence-electron chi connectivity index (χ4n) is 1.71. The molecule has 0 fully saturated rings. The summed E-state index contributed by atoms with van der Waals surface area (Å²) in [5.41, 5.74) is 1.38. The zero-order valence-corrected chi connectivity index (χ0v) is 10.7. The summed E-state index contributed by atoms with van der Waals surface area (Å²) in [6.45, 7) is 4.33. The van der Waals surface area contributed by atoms with Crippen molar-refractivity contribution in [3.05, 3.63) is 33.7 Å². The van der Waals surface area contributed by atoms with E-state index in [1.807, 2.05) is 23.9 Å². The molecule has 0 saturated carbocycles. The van der Waals surface area contributed by atoms with Crippen LogP contribution in [0.3, 0.4) is 0 Å². The lowest BCUT2D eigenvalue weighted by Crippen LogP contribution is -2.22. The van der Waals surface area contributed by atoms with Gasteiger partial charge < -0.3 is 4.90 Å². The smallest absolute Gasteiger partial charge is 0.0910 e. The van der Waals surface area contributed by atoms with Gasteiger partial charge in [0, 0.05) is 23.0 Å². The highest BCUT2D eigenvalue weighted by atomic mass is 35.5. The molecule has 15 heavy (non-hydrogen) atoms. The fraction of sp³-hybridized carbons (Fsp3) is 0.364. The lowest BCUT2D eigenvalue weighted by molar-refractivity contribution is 0.450. The van der Waals surface area contributed by atoms with Gasteiger partial charge in [0.05, 0.1) is 12.4 Å². The molecule has 0 radical (unpaired) electrons. The molecule has 2 nitrogen and oxygen atoms in total. The molecule has 2 rings (SSSR count). The number of hydrogen-bond donors (Lipinski definition) is 0. The second-order valence-corrected chi connectivity index (χ2v) is 4.91. The van der Waals surface area contributed by atoms with E-state index in [0.29, 0.717) is 6.04 Å². The zero-order valence-electron chi connectivity index (χ0n) is 9.10. The predicted octanol–water partition coefficient (Wildman–Crippen LogP) is 3.32. The second-order valence-electron chi connectivity index (χ2n) is 3.62. The molecule has 2 heterocycles. The van der Waals surface area contributed by atoms with E-state index >= 15 is 0 Å². The van der Waals surface area contributed by atoms with Gasteiger partial charge in [-0.25, -0.2) is 4.99 Å². The van der Waals surface area contributed by atoms with Crippen LogP contribution in [-0.2, 0) is 0 Å². The third-order valence-corrected chi connectivity index (χ3v) is 3.61. The summed E-state index contributed by atoms with van der Waals surface area (Å²) < 4.78 is 0. The van der Waals surface area contributed by atoms with Crippen molar-refractivity contribution >= 4 is 30.1 Å². The summed E-state index contributed by atoms with van der Waals surface area (Å²) in [6, 6.07) is 2.61. The van der Waals surface area contributed by atoms with Crippen LogP contribution in [0.1, 0.15) is 21.4 Å². The Hall–Kier alpha value is -0.800. The number of halogens is 1. The molecule has 1 aromatic rings. The van der Waals surface area contributed by atoms with E-state index in [2.05, 4.69) is 42.9 Å². The highest BCUT2D eigenvalue weighted by Gasteiger charge is 2.17. The second kappa shape index (κ2) is 4.81. The summed E-state index contributed by atoms with van der Waals surface area (Å²) in [4.78, 5) is 9.03. The first kappa shape index (κ1) is 12.3. The summed E-state index contributed by atoms with van der Waals surface area (Å²) in [6.07, 6.45) is 5.89. The molecular weight excluding hydrogens is 228 g/mol. The number of aliphatic imine (C=N–C) groups is 1. The topological polar surface area (TPSA) is 15.6 Å². The molecule has 1 aromatic heterocycles. The van der Waals surface area contributed by atoms with Crippen LogP contribution in [0.4, 0.5) is 0 Å². The van der Waals surface area contributed by atoms with Crippen molar-refractivity contribution in [1.29, 1.82) is 0 Å². The van der Waals surface area contributed by atoms with Crippen molar-refractivity contribution in [2.45, 2.75) is 19.9 Å². The lowest BCUT2D eigenvalue weighted by atomic mass is 10.1. The van der Waals surface area contributed by atoms with Gasteiger partial charge in [-0.05, 0) is 31.6 Å². The average Bonchev–Trinajstić information content (AvgIpc) is 2.46. The minimum Gasteiger partial charge on any atom is -0.354 e. The van der Waals surface area contributed by atoms with Gasteiger partial charge in [-0.3, -0.25) is 0 Å². The number of nitrogens with zero attached hydrogens (tertiary/aromatic N) is 2. The first-order valence-corrected chi connectivity index (χ1v) is 5.49. The lowest BCUT2D eigenvalue weighted by Gasteiger charge is -2.24. The normalized spacial score (nSPS) is 19.1. The van der Waals surface area contributed by atoms with Crippen LogP contribution in [0.5, 0.6) is 0 Å². The molecule has 1 atom stereocenters. The third-order valence-electron chi connectivity index (χ3n) is 2.39. The van der Waals surface area contributed by atoms with Crippen molar-refractivity contribution in [2.75, 3.05) is 7.05 Å². The van der Waals surface area contributed by atoms with E-state index in [1.165, 1.54) is 15.3 Å². The zero-order chi connectivity index (χ0) is 10.1. The Morgan fingerprint density at radius 2 is 2.13 bits per heavy atom. The van der Waals surface area contributed by atoms with Crippen molar-refractivity contribution < 1.29 is 0 Å². The molecule has 82 valence electrons. The molecule has 0 aromatic carbocycles. The molecule has 1 aliphatic rings. The quantitative estimate of drug-likeness (QED) is 0.738. The minimum absolute atomic E-state index is 0. The van der Waals surface area contributed by atoms with Gasteiger partial charge in [-0.2, -0.15) is 0 Å². The molecule has 1 unspecified atom stereocenters. The van der Waals surface area contributed by atoms with Crippen LogP contribution < -0.4 is 0 Å². The molecule has 1 aliphatic heterocycles. The maximum Gasteiger partial charge on any atom is 0.0910 e. The molecule has 0 aliphatic carbocycles. The highest BCUT2D eigenvalue weighted by molar-refractivity contribution is 7.12. The van der Waals surface area contributed by atoms with Gasteiger partial charge in [0.15, 0.2) is 0 Å². The van der Waals surface area contributed by atoms with Crippen LogP contribution in [0, 0.1) is 13.8 Å². The molecule has 4 heteroatoms. The Labute approximate surface area is 101 Å². The Bertz CT molecular complexity index is 395. The SMILES string of the molecule is Cc1cc(C)c(C2C=CN=CN2C)s1.Cl. The molecule has 0 spiro atoms. The Morgan fingerprint density at radius 1 is 1.40 bits per heavy atom. The van der Waals surface area contributed by atoms with Crippen molar-refractivity contribution in [3.8, 4) is 0 Å². The highest BCUT2D eigenvalue weighted by Crippen LogP contribution is 2.32. The van der Waals surface area contributed by atoms with Crippen LogP contribution in [-0.4, -0.2) is 18.3 Å². The van der Waals surface area contributed by atoms with E-state index in [0.717, 1.165) is 0 Å². The monoisotopic (exact) mass is 242 g/mol. The third kappa shape index (κ3) is 2.41. The molecule has 0 amide bonds. The maximum absolute atomic E-state index is 4.10. The maximum atomic E-state index is 4.10. The first-order valence-electron chi connectivity index (χ1n) is 4.67. The van der Waals surface area contributed by atoms with Crippen molar-refractivity contribution in [1.82, 2.24) is 4.90 Å². The van der Waals surface area contributed by atoms with Gasteiger partial charge in [0.1, 0.15) is 0 Å². The van der Waals surface area contributed by atoms with Crippen molar-refractivity contribution in [3.63, 3.8) is 0 Å². The Kier molecular flexibility index (Phi) is 3.94. The molecular formula is C11H15ClN2S. The van der Waals surface area contributed by atoms with E-state index in [-0.39, 0.29) is 12.4 Å². The molecule has 0 bridgehead atoms. The Balaban J connectivity index is 0.00000112. The van der Waals surface area contributed by atoms with Crippen molar-refractivity contribution in [2.24, 2.45) is 4.99 Å². The van der Waals surface area contributed by atoms with Gasteiger partial charge in [0.25, 0.3) is 0 Å². The molecule has 0 saturated heterocycles. The van der Waals surface area contributed by atoms with Crippen LogP contribution >= 0.6 is 23.7 Å². The van der Waals surface area contributed by atoms with E-state index in [9.17, 15) is 0 Å². The van der Waals surface area contributed by atoms with Gasteiger partial charge >= 0.3 is 0 Å². The average molecular weight is 243 g/mol. The van der Waals surface area contributed by atoms with E-state index in [4.69, 9.17) is 0 Å². The predicted molar refractivity (Wildman–Crippen MR) is 69.2 cm³/mol. The van der Waals surface area contributed by atoms with Gasteiger partial charge in [-0.15, -0.1) is 23.7 Å². The number of rotatable bonds is 1. The van der Waals surface area contributed by atoms with Crippen LogP contribution in [0.15, 0.2) is 23.3 Å². The van der Waals surface area contributed by atoms with Gasteiger partial charge in [-0.1, -0.05) is 0 Å². The number of thiophene rings is 1. The van der Waals surface area contributed by atoms with Crippen LogP contribution in [0.25, 0.3) is 0 Å². The van der Waals surface area contributed by atoms with Gasteiger partial charge in [0.2, 0.25) is 0 Å². The fourth-order valence-corrected chi connectivity index (χ4v) is 2.88. The number of likely N-dealkylation sites (N-methyl/N-ethyl adjacent to an activating group) is 1. The van der Waals surface area contributed by atoms with E-state index in [1.54, 1.807) is 0 Å². The molecule has 0 N–H and O–H groups in total. The summed E-state index contributed by atoms with van der Waals surface area (Å²) >= 11 is 1.87. The summed E-state index contributed by atoms with van der Waals surface area (Å²) in [5.74, 6) is 0. The Morgan fingerprint density at radius 3 is 2.67 bits per heavy atom. The number of hydrogen-bond acceptors (Lipinski definition) is 3. The number of aryl methyl sites for hydroxylation is 2. The van der Waals surface area contributed by atoms with Crippen LogP contribution in [0.2, 0.25) is 0 Å². The summed E-state index contributed by atoms with van der Waals surface area (Å²) in [7, 11) is 2.06.